The van der Waals surface area contributed by atoms with Crippen molar-refractivity contribution in [2.45, 2.75) is 51.7 Å². The Labute approximate surface area is 174 Å². The number of Topliss-reactive ketones (excluding diaryl/α,β-unsaturated/α-hetero) is 1. The number of aliphatic hydroxyl groups excluding tert-OH is 2. The summed E-state index contributed by atoms with van der Waals surface area (Å²) in [6.07, 6.45) is -0.148. The molecule has 3 saturated carbocycles. The average Bonchev–Trinajstić information content (AvgIpc) is 2.89. The second-order valence-corrected chi connectivity index (χ2v) is 9.77. The van der Waals surface area contributed by atoms with Crippen LogP contribution in [0.2, 0.25) is 0 Å². The summed E-state index contributed by atoms with van der Waals surface area (Å²) in [5.41, 5.74) is -3.42. The number of hydrogen-bond donors (Lipinski definition) is 2. The molecule has 0 aromatic carbocycles. The van der Waals surface area contributed by atoms with Gasteiger partial charge in [0.1, 0.15) is 11.7 Å². The second kappa shape index (κ2) is 6.72. The summed E-state index contributed by atoms with van der Waals surface area (Å²) < 4.78 is 10.7. The van der Waals surface area contributed by atoms with E-state index in [4.69, 9.17) is 9.47 Å². The molecule has 0 aromatic heterocycles. The summed E-state index contributed by atoms with van der Waals surface area (Å²) in [5.74, 6) is -3.62. The van der Waals surface area contributed by atoms with Crippen LogP contribution >= 0.6 is 0 Å². The summed E-state index contributed by atoms with van der Waals surface area (Å²) in [6, 6.07) is 0. The highest BCUT2D eigenvalue weighted by Gasteiger charge is 2.75. The van der Waals surface area contributed by atoms with Crippen LogP contribution in [0.4, 0.5) is 0 Å². The van der Waals surface area contributed by atoms with Gasteiger partial charge < -0.3 is 24.5 Å². The number of aldehydes is 1. The highest BCUT2D eigenvalue weighted by atomic mass is 16.5. The molecule has 0 aromatic rings. The predicted molar refractivity (Wildman–Crippen MR) is 102 cm³/mol. The Balaban J connectivity index is 1.85. The van der Waals surface area contributed by atoms with Gasteiger partial charge in [-0.1, -0.05) is 13.5 Å². The van der Waals surface area contributed by atoms with E-state index in [0.29, 0.717) is 24.7 Å². The van der Waals surface area contributed by atoms with Gasteiger partial charge in [0.05, 0.1) is 25.4 Å². The molecular weight excluding hydrogens is 392 g/mol. The smallest absolute Gasteiger partial charge is 0.320 e. The lowest BCUT2D eigenvalue weighted by Crippen LogP contribution is -2.69. The molecule has 4 aliphatic rings. The fourth-order valence-corrected chi connectivity index (χ4v) is 6.92. The Kier molecular flexibility index (Phi) is 4.74. The number of ketones is 1. The van der Waals surface area contributed by atoms with Crippen LogP contribution in [-0.2, 0) is 28.7 Å². The molecule has 2 bridgehead atoms. The molecule has 2 spiro atoms. The predicted octanol–water partition coefficient (Wildman–Crippen LogP) is 0.581. The molecule has 1 aliphatic heterocycles. The number of carbonyl (C=O) groups excluding carboxylic acids is 4. The van der Waals surface area contributed by atoms with Gasteiger partial charge in [0, 0.05) is 29.6 Å². The lowest BCUT2D eigenvalue weighted by atomic mass is 9.43. The van der Waals surface area contributed by atoms with E-state index < -0.39 is 58.0 Å². The van der Waals surface area contributed by atoms with E-state index >= 15 is 0 Å². The number of aliphatic hydroxyl groups is 2. The minimum absolute atomic E-state index is 0.133. The second-order valence-electron chi connectivity index (χ2n) is 9.77. The van der Waals surface area contributed by atoms with Crippen molar-refractivity contribution in [3.8, 4) is 0 Å². The minimum atomic E-state index is -1.55. The largest absolute Gasteiger partial charge is 0.465 e. The van der Waals surface area contributed by atoms with E-state index in [1.54, 1.807) is 6.92 Å². The van der Waals surface area contributed by atoms with Gasteiger partial charge in [-0.3, -0.25) is 14.4 Å². The van der Waals surface area contributed by atoms with Gasteiger partial charge in [-0.2, -0.15) is 0 Å². The van der Waals surface area contributed by atoms with Gasteiger partial charge in [0.15, 0.2) is 5.78 Å². The fraction of sp³-hybridized carbons (Fsp3) is 0.727. The first kappa shape index (κ1) is 21.2. The molecule has 2 N–H and O–H groups in total. The normalized spacial score (nSPS) is 47.6. The molecule has 1 heterocycles. The first-order valence-corrected chi connectivity index (χ1v) is 10.4. The van der Waals surface area contributed by atoms with Crippen LogP contribution in [-0.4, -0.2) is 59.6 Å². The molecule has 8 nitrogen and oxygen atoms in total. The Morgan fingerprint density at radius 2 is 2.07 bits per heavy atom. The standard InChI is InChI=1S/C22H28O8/c1-11-13-6-14(25)17-21(10-30-19(28)22(17,7-13)18(11)27)5-4-16(26)20(3,15(21)8-23)9-29-12(2)24/h8,13-17,25-26H,1,4-7,9-10H2,2-3H3/t13-,14+,15+,16-,17-,20-,21-,22-/m0/s1. The number of fused-ring (bicyclic) bond motifs is 2. The zero-order valence-electron chi connectivity index (χ0n) is 17.3. The highest BCUT2D eigenvalue weighted by molar-refractivity contribution is 6.15. The molecule has 8 heteroatoms. The summed E-state index contributed by atoms with van der Waals surface area (Å²) in [6.45, 7) is 6.44. The maximum atomic E-state index is 13.2. The molecule has 0 amide bonds. The molecule has 0 radical (unpaired) electrons. The number of carbonyl (C=O) groups is 4. The van der Waals surface area contributed by atoms with Crippen LogP contribution in [0.25, 0.3) is 0 Å². The third kappa shape index (κ3) is 2.46. The lowest BCUT2D eigenvalue weighted by Gasteiger charge is -2.61. The van der Waals surface area contributed by atoms with Crippen molar-refractivity contribution in [1.29, 1.82) is 0 Å². The number of cyclic esters (lactones) is 1. The van der Waals surface area contributed by atoms with Crippen LogP contribution in [0.3, 0.4) is 0 Å². The number of allylic oxidation sites excluding steroid dienone is 1. The quantitative estimate of drug-likeness (QED) is 0.294. The summed E-state index contributed by atoms with van der Waals surface area (Å²) in [7, 11) is 0. The van der Waals surface area contributed by atoms with Crippen LogP contribution < -0.4 is 0 Å². The fourth-order valence-electron chi connectivity index (χ4n) is 6.92. The Hall–Kier alpha value is -2.06. The zero-order valence-corrected chi connectivity index (χ0v) is 17.3. The molecule has 4 fully saturated rings. The van der Waals surface area contributed by atoms with Crippen LogP contribution in [0, 0.1) is 34.0 Å². The van der Waals surface area contributed by atoms with Crippen molar-refractivity contribution in [1.82, 2.24) is 0 Å². The number of hydrogen-bond acceptors (Lipinski definition) is 8. The van der Waals surface area contributed by atoms with E-state index in [0.717, 1.165) is 0 Å². The van der Waals surface area contributed by atoms with Crippen molar-refractivity contribution in [3.63, 3.8) is 0 Å². The van der Waals surface area contributed by atoms with Crippen molar-refractivity contribution >= 4 is 24.0 Å². The third-order valence-electron chi connectivity index (χ3n) is 8.35. The molecule has 1 saturated heterocycles. The van der Waals surface area contributed by atoms with Crippen LogP contribution in [0.15, 0.2) is 12.2 Å². The Morgan fingerprint density at radius 1 is 1.37 bits per heavy atom. The van der Waals surface area contributed by atoms with E-state index in [1.165, 1.54) is 6.92 Å². The first-order chi connectivity index (χ1) is 14.0. The van der Waals surface area contributed by atoms with Gasteiger partial charge in [-0.05, 0) is 37.2 Å². The maximum Gasteiger partial charge on any atom is 0.320 e. The van der Waals surface area contributed by atoms with Gasteiger partial charge in [0.25, 0.3) is 0 Å². The third-order valence-corrected chi connectivity index (χ3v) is 8.35. The number of ether oxygens (including phenoxy) is 2. The van der Waals surface area contributed by atoms with Gasteiger partial charge in [-0.25, -0.2) is 0 Å². The highest BCUT2D eigenvalue weighted by Crippen LogP contribution is 2.67. The molecule has 8 atom stereocenters. The summed E-state index contributed by atoms with van der Waals surface area (Å²) in [4.78, 5) is 50.1. The average molecular weight is 420 g/mol. The molecular formula is C22H28O8. The Bertz CT molecular complexity index is 835. The number of esters is 2. The SMILES string of the molecule is C=C1C(=O)[C@]23C[C@@H]1C[C@@H](O)[C@H]2[C@@]1(CC[C@H](O)[C@@](C)(COC(C)=O)[C@H]1C=O)COC3=O. The van der Waals surface area contributed by atoms with Crippen molar-refractivity contribution in [2.75, 3.05) is 13.2 Å². The molecule has 3 aliphatic carbocycles. The van der Waals surface area contributed by atoms with E-state index in [9.17, 15) is 29.4 Å². The number of rotatable bonds is 3. The van der Waals surface area contributed by atoms with Crippen molar-refractivity contribution < 1.29 is 38.9 Å². The molecule has 30 heavy (non-hydrogen) atoms. The Morgan fingerprint density at radius 3 is 2.70 bits per heavy atom. The van der Waals surface area contributed by atoms with Crippen molar-refractivity contribution in [3.05, 3.63) is 12.2 Å². The monoisotopic (exact) mass is 420 g/mol. The van der Waals surface area contributed by atoms with Gasteiger partial charge >= 0.3 is 11.9 Å². The molecule has 4 rings (SSSR count). The lowest BCUT2D eigenvalue weighted by molar-refractivity contribution is -0.240. The zero-order chi connectivity index (χ0) is 22.1. The summed E-state index contributed by atoms with van der Waals surface area (Å²) >= 11 is 0. The molecule has 0 unspecified atom stereocenters. The van der Waals surface area contributed by atoms with Gasteiger partial charge in [0.2, 0.25) is 0 Å². The van der Waals surface area contributed by atoms with Crippen LogP contribution in [0.1, 0.15) is 39.5 Å². The topological polar surface area (TPSA) is 127 Å². The van der Waals surface area contributed by atoms with E-state index in [-0.39, 0.29) is 32.0 Å². The first-order valence-electron chi connectivity index (χ1n) is 10.4. The maximum absolute atomic E-state index is 13.2. The summed E-state index contributed by atoms with van der Waals surface area (Å²) in [5, 5.41) is 21.9. The van der Waals surface area contributed by atoms with Gasteiger partial charge in [-0.15, -0.1) is 0 Å². The van der Waals surface area contributed by atoms with E-state index in [2.05, 4.69) is 6.58 Å². The minimum Gasteiger partial charge on any atom is -0.465 e. The van der Waals surface area contributed by atoms with E-state index in [1.807, 2.05) is 0 Å². The van der Waals surface area contributed by atoms with Crippen molar-refractivity contribution in [2.24, 2.45) is 34.0 Å². The molecule has 164 valence electrons. The van der Waals surface area contributed by atoms with Crippen LogP contribution in [0.5, 0.6) is 0 Å².